The smallest absolute Gasteiger partial charge is 0.391 e. The SMILES string of the molecule is O=C(NC(c1cccc(Cl)c1)C(F)(F)F)c1cn(-c2ccc(F)cc2F)c2nc(N3C[C@@H](O)CC3=O)ccc2c1=O. The lowest BCUT2D eigenvalue weighted by atomic mass is 10.1. The highest BCUT2D eigenvalue weighted by atomic mass is 35.5. The topological polar surface area (TPSA) is 105 Å². The van der Waals surface area contributed by atoms with Crippen molar-refractivity contribution in [2.75, 3.05) is 11.4 Å². The largest absolute Gasteiger partial charge is 0.412 e. The van der Waals surface area contributed by atoms with E-state index in [9.17, 15) is 41.4 Å². The molecule has 1 aliphatic heterocycles. The van der Waals surface area contributed by atoms with Gasteiger partial charge < -0.3 is 10.4 Å². The number of aliphatic hydroxyl groups is 1. The first-order chi connectivity index (χ1) is 19.3. The molecule has 212 valence electrons. The number of aliphatic hydroxyl groups excluding tert-OH is 1. The first-order valence-corrected chi connectivity index (χ1v) is 12.3. The van der Waals surface area contributed by atoms with Gasteiger partial charge in [0.25, 0.3) is 5.91 Å². The molecular formula is C27H18ClF5N4O4. The number of fused-ring (bicyclic) bond motifs is 1. The minimum atomic E-state index is -4.98. The number of nitrogens with zero attached hydrogens (tertiary/aromatic N) is 3. The lowest BCUT2D eigenvalue weighted by Crippen LogP contribution is -2.40. The molecule has 5 rings (SSSR count). The van der Waals surface area contributed by atoms with Crippen molar-refractivity contribution in [3.8, 4) is 5.69 Å². The van der Waals surface area contributed by atoms with Gasteiger partial charge in [-0.3, -0.25) is 23.9 Å². The minimum Gasteiger partial charge on any atom is -0.391 e. The maximum absolute atomic E-state index is 14.9. The summed E-state index contributed by atoms with van der Waals surface area (Å²) in [5.74, 6) is -3.98. The van der Waals surface area contributed by atoms with E-state index < -0.39 is 58.3 Å². The Morgan fingerprint density at radius 2 is 1.85 bits per heavy atom. The average Bonchev–Trinajstić information content (AvgIpc) is 3.24. The van der Waals surface area contributed by atoms with E-state index in [0.717, 1.165) is 39.9 Å². The standard InChI is InChI=1S/C27H18ClF5N4O4/c28-14-3-1-2-13(8-14)24(27(31,32)33)35-26(41)18-12-36(20-6-4-15(29)9-19(20)30)25-17(23(18)40)5-7-21(34-25)37-11-16(38)10-22(37)39/h1-9,12,16,24,38H,10-11H2,(H,35,41)/t16-,24?/m0/s1. The van der Waals surface area contributed by atoms with E-state index in [1.165, 1.54) is 24.3 Å². The first kappa shape index (κ1) is 28.2. The van der Waals surface area contributed by atoms with E-state index in [1.807, 2.05) is 0 Å². The Hall–Kier alpha value is -4.36. The Bertz CT molecular complexity index is 1760. The fraction of sp³-hybridized carbons (Fsp3) is 0.185. The van der Waals surface area contributed by atoms with Crippen LogP contribution in [0.15, 0.2) is 65.6 Å². The van der Waals surface area contributed by atoms with Gasteiger partial charge in [-0.15, -0.1) is 0 Å². The zero-order valence-electron chi connectivity index (χ0n) is 20.6. The lowest BCUT2D eigenvalue weighted by Gasteiger charge is -2.23. The number of carbonyl (C=O) groups is 2. The molecule has 4 aromatic rings. The van der Waals surface area contributed by atoms with Gasteiger partial charge in [0.05, 0.1) is 30.1 Å². The second kappa shape index (κ2) is 10.6. The molecule has 2 aromatic carbocycles. The quantitative estimate of drug-likeness (QED) is 0.333. The van der Waals surface area contributed by atoms with Crippen LogP contribution >= 0.6 is 11.6 Å². The Morgan fingerprint density at radius 1 is 1.10 bits per heavy atom. The molecular weight excluding hydrogens is 575 g/mol. The summed E-state index contributed by atoms with van der Waals surface area (Å²) in [6, 6.07) is 6.99. The van der Waals surface area contributed by atoms with Gasteiger partial charge in [0.1, 0.15) is 23.0 Å². The summed E-state index contributed by atoms with van der Waals surface area (Å²) < 4.78 is 71.4. The fourth-order valence-electron chi connectivity index (χ4n) is 4.52. The van der Waals surface area contributed by atoms with E-state index in [0.29, 0.717) is 6.07 Å². The highest BCUT2D eigenvalue weighted by Crippen LogP contribution is 2.34. The molecule has 0 aliphatic carbocycles. The second-order valence-corrected chi connectivity index (χ2v) is 9.68. The molecule has 8 nitrogen and oxygen atoms in total. The Morgan fingerprint density at radius 3 is 2.49 bits per heavy atom. The van der Waals surface area contributed by atoms with Crippen molar-refractivity contribution >= 4 is 40.3 Å². The third kappa shape index (κ3) is 5.50. The molecule has 1 saturated heterocycles. The van der Waals surface area contributed by atoms with Gasteiger partial charge in [-0.1, -0.05) is 23.7 Å². The number of anilines is 1. The highest BCUT2D eigenvalue weighted by molar-refractivity contribution is 6.30. The molecule has 2 N–H and O–H groups in total. The fourth-order valence-corrected chi connectivity index (χ4v) is 4.72. The predicted octanol–water partition coefficient (Wildman–Crippen LogP) is 4.45. The van der Waals surface area contributed by atoms with Gasteiger partial charge in [0.2, 0.25) is 11.3 Å². The van der Waals surface area contributed by atoms with Crippen LogP contribution in [-0.4, -0.2) is 45.3 Å². The van der Waals surface area contributed by atoms with Crippen LogP contribution in [0.5, 0.6) is 0 Å². The first-order valence-electron chi connectivity index (χ1n) is 12.0. The summed E-state index contributed by atoms with van der Waals surface area (Å²) in [6.45, 7) is -0.102. The summed E-state index contributed by atoms with van der Waals surface area (Å²) in [5.41, 5.74) is -2.88. The monoisotopic (exact) mass is 592 g/mol. The number of amides is 2. The third-order valence-electron chi connectivity index (χ3n) is 6.42. The van der Waals surface area contributed by atoms with Crippen molar-refractivity contribution in [1.29, 1.82) is 0 Å². The van der Waals surface area contributed by atoms with Gasteiger partial charge in [0.15, 0.2) is 11.7 Å². The molecule has 0 bridgehead atoms. The van der Waals surface area contributed by atoms with Crippen molar-refractivity contribution in [3.63, 3.8) is 0 Å². The van der Waals surface area contributed by atoms with Gasteiger partial charge in [-0.2, -0.15) is 13.2 Å². The van der Waals surface area contributed by atoms with E-state index in [2.05, 4.69) is 4.98 Å². The third-order valence-corrected chi connectivity index (χ3v) is 6.65. The number of alkyl halides is 3. The number of hydrogen-bond acceptors (Lipinski definition) is 5. The van der Waals surface area contributed by atoms with Crippen LogP contribution in [0.1, 0.15) is 28.4 Å². The van der Waals surface area contributed by atoms with Crippen LogP contribution in [-0.2, 0) is 4.79 Å². The number of rotatable bonds is 5. The summed E-state index contributed by atoms with van der Waals surface area (Å²) >= 11 is 5.83. The number of halogens is 6. The number of carbonyl (C=O) groups excluding carboxylic acids is 2. The Labute approximate surface area is 232 Å². The molecule has 1 fully saturated rings. The van der Waals surface area contributed by atoms with Crippen LogP contribution in [0.2, 0.25) is 5.02 Å². The summed E-state index contributed by atoms with van der Waals surface area (Å²) in [5, 5.41) is 11.3. The van der Waals surface area contributed by atoms with E-state index in [1.54, 1.807) is 5.32 Å². The number of aromatic nitrogens is 2. The van der Waals surface area contributed by atoms with Crippen LogP contribution < -0.4 is 15.6 Å². The van der Waals surface area contributed by atoms with Gasteiger partial charge in [-0.05, 0) is 42.0 Å². The van der Waals surface area contributed by atoms with Crippen molar-refractivity contribution in [2.45, 2.75) is 24.7 Å². The van der Waals surface area contributed by atoms with Crippen LogP contribution in [0.4, 0.5) is 27.8 Å². The van der Waals surface area contributed by atoms with E-state index in [-0.39, 0.29) is 40.5 Å². The van der Waals surface area contributed by atoms with Crippen LogP contribution in [0.25, 0.3) is 16.7 Å². The number of benzene rings is 2. The molecule has 41 heavy (non-hydrogen) atoms. The van der Waals surface area contributed by atoms with Crippen LogP contribution in [0.3, 0.4) is 0 Å². The molecule has 1 unspecified atom stereocenters. The van der Waals surface area contributed by atoms with Crippen molar-refractivity contribution in [2.24, 2.45) is 0 Å². The molecule has 2 amide bonds. The van der Waals surface area contributed by atoms with Crippen molar-refractivity contribution in [3.05, 3.63) is 98.8 Å². The highest BCUT2D eigenvalue weighted by Gasteiger charge is 2.42. The number of β-amino-alcohol motifs (C(OH)–C–C–N with tert-alkyl or cyclic N) is 1. The van der Waals surface area contributed by atoms with Crippen molar-refractivity contribution < 1.29 is 36.6 Å². The van der Waals surface area contributed by atoms with E-state index in [4.69, 9.17) is 11.6 Å². The maximum Gasteiger partial charge on any atom is 0.412 e. The maximum atomic E-state index is 14.9. The molecule has 0 radical (unpaired) electrons. The molecule has 14 heteroatoms. The van der Waals surface area contributed by atoms with Gasteiger partial charge >= 0.3 is 6.18 Å². The normalized spacial score (nSPS) is 16.3. The zero-order chi connectivity index (χ0) is 29.6. The zero-order valence-corrected chi connectivity index (χ0v) is 21.4. The Kier molecular flexibility index (Phi) is 7.26. The van der Waals surface area contributed by atoms with Crippen molar-refractivity contribution in [1.82, 2.24) is 14.9 Å². The predicted molar refractivity (Wildman–Crippen MR) is 138 cm³/mol. The molecule has 3 heterocycles. The summed E-state index contributed by atoms with van der Waals surface area (Å²) in [4.78, 5) is 44.3. The lowest BCUT2D eigenvalue weighted by molar-refractivity contribution is -0.155. The molecule has 0 saturated carbocycles. The summed E-state index contributed by atoms with van der Waals surface area (Å²) in [6.07, 6.45) is -5.34. The minimum absolute atomic E-state index is 0.00925. The van der Waals surface area contributed by atoms with Crippen LogP contribution in [0, 0.1) is 11.6 Å². The second-order valence-electron chi connectivity index (χ2n) is 9.24. The molecule has 2 aromatic heterocycles. The number of nitrogens with one attached hydrogen (secondary N) is 1. The average molecular weight is 593 g/mol. The van der Waals surface area contributed by atoms with E-state index >= 15 is 0 Å². The van der Waals surface area contributed by atoms with Gasteiger partial charge in [0, 0.05) is 17.3 Å². The number of hydrogen-bond donors (Lipinski definition) is 2. The Balaban J connectivity index is 1.67. The molecule has 0 spiro atoms. The summed E-state index contributed by atoms with van der Waals surface area (Å²) in [7, 11) is 0. The molecule has 2 atom stereocenters. The molecule has 1 aliphatic rings. The van der Waals surface area contributed by atoms with Gasteiger partial charge in [-0.25, -0.2) is 13.8 Å². The number of pyridine rings is 2.